The summed E-state index contributed by atoms with van der Waals surface area (Å²) in [5.74, 6) is -11.9. The van der Waals surface area contributed by atoms with Crippen LogP contribution >= 0.6 is 0 Å². The maximum absolute atomic E-state index is 14.4. The molecule has 9 atom stereocenters. The zero-order valence-corrected chi connectivity index (χ0v) is 51.0. The fourth-order valence-electron chi connectivity index (χ4n) is 9.71. The molecule has 0 saturated heterocycles. The lowest BCUT2D eigenvalue weighted by Crippen LogP contribution is -2.61. The van der Waals surface area contributed by atoms with Crippen molar-refractivity contribution in [2.45, 2.75) is 133 Å². The van der Waals surface area contributed by atoms with Gasteiger partial charge in [-0.15, -0.1) is 0 Å². The average Bonchev–Trinajstić information content (AvgIpc) is 1.85. The predicted molar refractivity (Wildman–Crippen MR) is 333 cm³/mol. The molecule has 91 heavy (non-hydrogen) atoms. The van der Waals surface area contributed by atoms with Crippen LogP contribution < -0.4 is 70.8 Å². The topological polar surface area (TPSA) is 473 Å². The standard InChI is InChI=1S/C63H82N14O14/c1-34(2)23-45(58(86)73-46(24-35(3)4)59(87)71-44(55(67)83)26-36-13-7-5-8-14-36)70-54(82)32-69-57(85)47(27-37-15-9-6-10-16-37)74-63(91)51(33-78)77-62(90)50(30-53(66)81)76-60(88)48(28-39-31-68-43-18-12-11-17-41(39)43)75-61(89)49(29-52(65)80)72-56(84)42(64)25-38-19-21-40(79)22-20-38/h5-22,31,34-35,42,44-51,68,78-79H,23-30,32-33,64H2,1-4H3,(H2,65,80)(H2,66,81)(H2,67,83)(H,69,85)(H,70,82)(H,71,87)(H,72,84)(H,73,86)(H,74,91)(H,75,89)(H,76,88)(H,77,90)/t42-,44-,45-,46-,47-,48-,49-,50-,51-/m0/s1. The zero-order valence-electron chi connectivity index (χ0n) is 51.0. The number of rotatable bonds is 36. The van der Waals surface area contributed by atoms with Crippen molar-refractivity contribution in [1.29, 1.82) is 0 Å². The van der Waals surface area contributed by atoms with Crippen molar-refractivity contribution in [2.75, 3.05) is 13.2 Å². The van der Waals surface area contributed by atoms with Crippen LogP contribution in [0.1, 0.15) is 75.6 Å². The first kappa shape index (κ1) is 71.5. The van der Waals surface area contributed by atoms with E-state index in [9.17, 15) is 67.7 Å². The summed E-state index contributed by atoms with van der Waals surface area (Å²) >= 11 is 0. The third-order valence-corrected chi connectivity index (χ3v) is 14.3. The van der Waals surface area contributed by atoms with Crippen LogP contribution in [0.2, 0.25) is 0 Å². The van der Waals surface area contributed by atoms with E-state index in [1.807, 2.05) is 13.8 Å². The molecule has 28 nitrogen and oxygen atoms in total. The number of carbonyl (C=O) groups excluding carboxylic acids is 12. The SMILES string of the molecule is CC(C)C[C@H](NC(=O)CNC(=O)[C@H](Cc1ccccc1)NC(=O)[C@H](CO)NC(=O)[C@H](CC(N)=O)NC(=O)[C@H](Cc1c[nH]c2ccccc12)NC(=O)[C@H](CC(N)=O)NC(=O)[C@@H](N)Cc1ccc(O)cc1)C(=O)N[C@@H](CC(C)C)C(=O)N[C@@H](Cc1ccccc1)C(N)=O. The van der Waals surface area contributed by atoms with Crippen LogP contribution in [0.5, 0.6) is 5.75 Å². The molecule has 0 unspecified atom stereocenters. The molecular formula is C63H82N14O14. The van der Waals surface area contributed by atoms with Gasteiger partial charge >= 0.3 is 0 Å². The number of aromatic nitrogens is 1. The van der Waals surface area contributed by atoms with Gasteiger partial charge in [-0.1, -0.05) is 119 Å². The fourth-order valence-corrected chi connectivity index (χ4v) is 9.71. The van der Waals surface area contributed by atoms with E-state index in [1.165, 1.54) is 24.3 Å². The predicted octanol–water partition coefficient (Wildman–Crippen LogP) is -2.21. The smallest absolute Gasteiger partial charge is 0.245 e. The van der Waals surface area contributed by atoms with Crippen LogP contribution in [0.3, 0.4) is 0 Å². The average molecular weight is 1260 g/mol. The number of benzene rings is 4. The Kier molecular flexibility index (Phi) is 27.6. The second-order valence-electron chi connectivity index (χ2n) is 22.9. The van der Waals surface area contributed by atoms with Gasteiger partial charge < -0.3 is 86.0 Å². The number of aliphatic hydroxyl groups excluding tert-OH is 1. The summed E-state index contributed by atoms with van der Waals surface area (Å²) in [5, 5.41) is 43.2. The van der Waals surface area contributed by atoms with Crippen molar-refractivity contribution in [3.63, 3.8) is 0 Å². The molecule has 0 aliphatic heterocycles. The van der Waals surface area contributed by atoms with E-state index < -0.39 is 151 Å². The van der Waals surface area contributed by atoms with Crippen LogP contribution in [-0.2, 0) is 83.2 Å². The number of carbonyl (C=O) groups is 12. The van der Waals surface area contributed by atoms with Gasteiger partial charge in [0.1, 0.15) is 54.1 Å². The van der Waals surface area contributed by atoms with E-state index >= 15 is 0 Å². The van der Waals surface area contributed by atoms with E-state index in [4.69, 9.17) is 22.9 Å². The number of para-hydroxylation sites is 1. The van der Waals surface area contributed by atoms with Crippen LogP contribution in [0, 0.1) is 11.8 Å². The minimum Gasteiger partial charge on any atom is -0.508 e. The molecule has 488 valence electrons. The summed E-state index contributed by atoms with van der Waals surface area (Å²) in [6.45, 7) is 5.40. The minimum absolute atomic E-state index is 0.0310. The first-order valence-corrected chi connectivity index (χ1v) is 29.5. The Labute approximate surface area is 525 Å². The lowest BCUT2D eigenvalue weighted by Gasteiger charge is -2.27. The molecule has 1 aromatic heterocycles. The summed E-state index contributed by atoms with van der Waals surface area (Å²) in [7, 11) is 0. The minimum atomic E-state index is -1.89. The van der Waals surface area contributed by atoms with Crippen molar-refractivity contribution < 1.29 is 67.7 Å². The Morgan fingerprint density at radius 3 is 1.36 bits per heavy atom. The van der Waals surface area contributed by atoms with Gasteiger partial charge in [-0.3, -0.25) is 57.5 Å². The van der Waals surface area contributed by atoms with E-state index in [-0.39, 0.29) is 56.1 Å². The molecule has 0 fully saturated rings. The molecule has 5 rings (SSSR count). The molecule has 12 amide bonds. The van der Waals surface area contributed by atoms with Crippen LogP contribution in [0.4, 0.5) is 0 Å². The van der Waals surface area contributed by atoms with E-state index in [0.29, 0.717) is 27.6 Å². The highest BCUT2D eigenvalue weighted by molar-refractivity contribution is 6.00. The normalized spacial score (nSPS) is 14.1. The molecule has 0 saturated carbocycles. The van der Waals surface area contributed by atoms with Gasteiger partial charge in [-0.25, -0.2) is 0 Å². The van der Waals surface area contributed by atoms with Gasteiger partial charge in [0.05, 0.1) is 32.0 Å². The van der Waals surface area contributed by atoms with Crippen molar-refractivity contribution in [2.24, 2.45) is 34.8 Å². The Hall–Kier alpha value is -10.2. The van der Waals surface area contributed by atoms with Gasteiger partial charge in [0.15, 0.2) is 0 Å². The monoisotopic (exact) mass is 1260 g/mol. The highest BCUT2D eigenvalue weighted by atomic mass is 16.3. The molecular weight excluding hydrogens is 1180 g/mol. The van der Waals surface area contributed by atoms with E-state index in [2.05, 4.69) is 52.8 Å². The number of aromatic amines is 1. The van der Waals surface area contributed by atoms with E-state index in [1.54, 1.807) is 105 Å². The fraction of sp³-hybridized carbons (Fsp3) is 0.397. The number of aliphatic hydroxyl groups is 1. The molecule has 0 bridgehead atoms. The zero-order chi connectivity index (χ0) is 66.9. The van der Waals surface area contributed by atoms with E-state index in [0.717, 1.165) is 5.56 Å². The molecule has 0 radical (unpaired) electrons. The number of fused-ring (bicyclic) bond motifs is 1. The summed E-state index contributed by atoms with van der Waals surface area (Å²) < 4.78 is 0. The quantitative estimate of drug-likeness (QED) is 0.0202. The van der Waals surface area contributed by atoms with Crippen molar-refractivity contribution in [3.05, 3.63) is 138 Å². The first-order valence-electron chi connectivity index (χ1n) is 29.5. The van der Waals surface area contributed by atoms with Gasteiger partial charge in [-0.2, -0.15) is 0 Å². The number of nitrogens with one attached hydrogen (secondary N) is 10. The Morgan fingerprint density at radius 1 is 0.440 bits per heavy atom. The number of hydrogen-bond acceptors (Lipinski definition) is 15. The molecule has 1 heterocycles. The van der Waals surface area contributed by atoms with Crippen LogP contribution in [0.25, 0.3) is 10.9 Å². The molecule has 5 aromatic rings. The summed E-state index contributed by atoms with van der Waals surface area (Å²) in [6.07, 6.45) is -0.322. The first-order chi connectivity index (χ1) is 43.2. The molecule has 28 heteroatoms. The number of hydrogen-bond donors (Lipinski definition) is 16. The highest BCUT2D eigenvalue weighted by Gasteiger charge is 2.36. The van der Waals surface area contributed by atoms with Gasteiger partial charge in [0.2, 0.25) is 70.9 Å². The number of H-pyrrole nitrogens is 1. The second-order valence-corrected chi connectivity index (χ2v) is 22.9. The van der Waals surface area contributed by atoms with Crippen molar-refractivity contribution >= 4 is 81.8 Å². The highest BCUT2D eigenvalue weighted by Crippen LogP contribution is 2.20. The number of aromatic hydroxyl groups is 1. The molecule has 0 spiro atoms. The Morgan fingerprint density at radius 2 is 0.846 bits per heavy atom. The molecule has 0 aliphatic rings. The maximum Gasteiger partial charge on any atom is 0.245 e. The largest absolute Gasteiger partial charge is 0.508 e. The summed E-state index contributed by atoms with van der Waals surface area (Å²) in [6, 6.07) is 16.5. The van der Waals surface area contributed by atoms with Crippen molar-refractivity contribution in [3.8, 4) is 5.75 Å². The third-order valence-electron chi connectivity index (χ3n) is 14.3. The Bertz CT molecular complexity index is 3350. The summed E-state index contributed by atoms with van der Waals surface area (Å²) in [5.41, 5.74) is 25.8. The number of nitrogens with two attached hydrogens (primary N) is 4. The lowest BCUT2D eigenvalue weighted by atomic mass is 9.99. The summed E-state index contributed by atoms with van der Waals surface area (Å²) in [4.78, 5) is 166. The lowest BCUT2D eigenvalue weighted by molar-refractivity contribution is -0.136. The second kappa shape index (κ2) is 35.1. The van der Waals surface area contributed by atoms with Crippen LogP contribution in [0.15, 0.2) is 115 Å². The molecule has 0 aliphatic carbocycles. The number of amides is 12. The third kappa shape index (κ3) is 23.7. The van der Waals surface area contributed by atoms with Gasteiger partial charge in [0, 0.05) is 36.4 Å². The molecule has 20 N–H and O–H groups in total. The molecule has 4 aromatic carbocycles. The van der Waals surface area contributed by atoms with Gasteiger partial charge in [0.25, 0.3) is 0 Å². The number of phenolic OH excluding ortho intramolecular Hbond substituents is 1. The number of primary amides is 3. The Balaban J connectivity index is 1.30. The van der Waals surface area contributed by atoms with Gasteiger partial charge in [-0.05, 0) is 71.6 Å². The van der Waals surface area contributed by atoms with Crippen LogP contribution in [-0.4, -0.2) is 154 Å². The number of phenols is 1. The van der Waals surface area contributed by atoms with Crippen molar-refractivity contribution in [1.82, 2.24) is 52.8 Å². The maximum atomic E-state index is 14.4.